The van der Waals surface area contributed by atoms with Gasteiger partial charge >= 0.3 is 5.97 Å². The van der Waals surface area contributed by atoms with Crippen molar-refractivity contribution in [3.63, 3.8) is 0 Å². The summed E-state index contributed by atoms with van der Waals surface area (Å²) in [6.07, 6.45) is 0. The minimum absolute atomic E-state index is 0.403. The summed E-state index contributed by atoms with van der Waals surface area (Å²) < 4.78 is 0. The summed E-state index contributed by atoms with van der Waals surface area (Å²) in [5, 5.41) is 9.16. The average Bonchev–Trinajstić information content (AvgIpc) is 2.48. The number of benzene rings is 2. The second-order valence-electron chi connectivity index (χ2n) is 5.35. The van der Waals surface area contributed by atoms with Crippen molar-refractivity contribution in [1.82, 2.24) is 0 Å². The molecule has 0 aliphatic rings. The molecule has 3 heteroatoms. The smallest absolute Gasteiger partial charge is 0.335 e. The minimum atomic E-state index is -0.854. The first-order chi connectivity index (χ1) is 10.1. The van der Waals surface area contributed by atoms with Crippen LogP contribution < -0.4 is 0 Å². The van der Waals surface area contributed by atoms with Gasteiger partial charge in [-0.25, -0.2) is 4.79 Å². The lowest BCUT2D eigenvalue weighted by molar-refractivity contribution is 0.0696. The van der Waals surface area contributed by atoms with E-state index in [1.807, 2.05) is 12.1 Å². The first kappa shape index (κ1) is 15.6. The number of rotatable bonds is 6. The van der Waals surface area contributed by atoms with Gasteiger partial charge in [0.1, 0.15) is 0 Å². The number of carboxylic acid groups (broad SMARTS) is 1. The summed E-state index contributed by atoms with van der Waals surface area (Å²) in [5.74, 6) is 1.31. The first-order valence-electron chi connectivity index (χ1n) is 7.05. The molecular weight excluding hydrogens is 280 g/mol. The van der Waals surface area contributed by atoms with E-state index in [4.69, 9.17) is 5.11 Å². The van der Waals surface area contributed by atoms with Crippen molar-refractivity contribution in [3.05, 3.63) is 70.8 Å². The SMILES string of the molecule is CC(C)c1ccc(CSCc2ccccc2C(=O)O)cc1. The minimum Gasteiger partial charge on any atom is -0.478 e. The van der Waals surface area contributed by atoms with E-state index in [0.29, 0.717) is 17.2 Å². The highest BCUT2D eigenvalue weighted by molar-refractivity contribution is 7.97. The van der Waals surface area contributed by atoms with Crippen molar-refractivity contribution in [1.29, 1.82) is 0 Å². The van der Waals surface area contributed by atoms with Crippen LogP contribution in [-0.4, -0.2) is 11.1 Å². The molecule has 2 aromatic rings. The molecule has 0 unspecified atom stereocenters. The van der Waals surface area contributed by atoms with Crippen LogP contribution in [-0.2, 0) is 11.5 Å². The van der Waals surface area contributed by atoms with Crippen LogP contribution >= 0.6 is 11.8 Å². The normalized spacial score (nSPS) is 10.8. The molecule has 110 valence electrons. The highest BCUT2D eigenvalue weighted by Gasteiger charge is 2.08. The first-order valence-corrected chi connectivity index (χ1v) is 8.21. The Labute approximate surface area is 130 Å². The van der Waals surface area contributed by atoms with Gasteiger partial charge in [0.2, 0.25) is 0 Å². The Kier molecular flexibility index (Phi) is 5.45. The van der Waals surface area contributed by atoms with Gasteiger partial charge in [-0.15, -0.1) is 0 Å². The molecule has 0 atom stereocenters. The maximum Gasteiger partial charge on any atom is 0.335 e. The van der Waals surface area contributed by atoms with Crippen molar-refractivity contribution in [2.75, 3.05) is 0 Å². The van der Waals surface area contributed by atoms with Crippen LogP contribution in [0.15, 0.2) is 48.5 Å². The van der Waals surface area contributed by atoms with E-state index in [1.165, 1.54) is 11.1 Å². The Morgan fingerprint density at radius 1 is 1.05 bits per heavy atom. The number of carboxylic acids is 1. The molecule has 0 aromatic heterocycles. The van der Waals surface area contributed by atoms with Crippen molar-refractivity contribution in [2.45, 2.75) is 31.3 Å². The summed E-state index contributed by atoms with van der Waals surface area (Å²) in [4.78, 5) is 11.1. The van der Waals surface area contributed by atoms with E-state index in [9.17, 15) is 4.79 Å². The molecule has 0 amide bonds. The van der Waals surface area contributed by atoms with E-state index in [-0.39, 0.29) is 0 Å². The molecule has 0 bridgehead atoms. The van der Waals surface area contributed by atoms with Gasteiger partial charge in [0.15, 0.2) is 0 Å². The maximum absolute atomic E-state index is 11.1. The Bertz CT molecular complexity index is 603. The maximum atomic E-state index is 11.1. The number of hydrogen-bond acceptors (Lipinski definition) is 2. The highest BCUT2D eigenvalue weighted by Crippen LogP contribution is 2.22. The van der Waals surface area contributed by atoms with Crippen LogP contribution in [0.25, 0.3) is 0 Å². The Morgan fingerprint density at radius 2 is 1.71 bits per heavy atom. The quantitative estimate of drug-likeness (QED) is 0.821. The van der Waals surface area contributed by atoms with Crippen LogP contribution in [0.1, 0.15) is 46.8 Å². The van der Waals surface area contributed by atoms with Crippen LogP contribution in [0.5, 0.6) is 0 Å². The third-order valence-electron chi connectivity index (χ3n) is 3.42. The predicted octanol–water partition coefficient (Wildman–Crippen LogP) is 4.94. The molecule has 0 aliphatic carbocycles. The molecule has 0 fully saturated rings. The van der Waals surface area contributed by atoms with Gasteiger partial charge in [-0.2, -0.15) is 11.8 Å². The monoisotopic (exact) mass is 300 g/mol. The zero-order valence-corrected chi connectivity index (χ0v) is 13.2. The summed E-state index contributed by atoms with van der Waals surface area (Å²) in [5.41, 5.74) is 3.91. The molecule has 2 aromatic carbocycles. The predicted molar refractivity (Wildman–Crippen MR) is 88.9 cm³/mol. The van der Waals surface area contributed by atoms with Crippen molar-refractivity contribution in [3.8, 4) is 0 Å². The number of thioether (sulfide) groups is 1. The lowest BCUT2D eigenvalue weighted by Gasteiger charge is -2.08. The number of hydrogen-bond donors (Lipinski definition) is 1. The van der Waals surface area contributed by atoms with Gasteiger partial charge in [0.05, 0.1) is 5.56 Å². The van der Waals surface area contributed by atoms with Crippen LogP contribution in [0.2, 0.25) is 0 Å². The molecule has 0 radical (unpaired) electrons. The van der Waals surface area contributed by atoms with Gasteiger partial charge in [-0.05, 0) is 28.7 Å². The van der Waals surface area contributed by atoms with Gasteiger partial charge in [0.25, 0.3) is 0 Å². The Hall–Kier alpha value is -1.74. The Morgan fingerprint density at radius 3 is 2.33 bits per heavy atom. The molecule has 0 aliphatic heterocycles. The topological polar surface area (TPSA) is 37.3 Å². The standard InChI is InChI=1S/C18H20O2S/c1-13(2)15-9-7-14(8-10-15)11-21-12-16-5-3-4-6-17(16)18(19)20/h3-10,13H,11-12H2,1-2H3,(H,19,20). The molecule has 21 heavy (non-hydrogen) atoms. The Balaban J connectivity index is 1.94. The van der Waals surface area contributed by atoms with Crippen molar-refractivity contribution >= 4 is 17.7 Å². The largest absolute Gasteiger partial charge is 0.478 e. The molecule has 2 rings (SSSR count). The highest BCUT2D eigenvalue weighted by atomic mass is 32.2. The van der Waals surface area contributed by atoms with E-state index < -0.39 is 5.97 Å². The van der Waals surface area contributed by atoms with E-state index >= 15 is 0 Å². The molecular formula is C18H20O2S. The van der Waals surface area contributed by atoms with Gasteiger partial charge in [-0.3, -0.25) is 0 Å². The second-order valence-corrected chi connectivity index (χ2v) is 6.34. The van der Waals surface area contributed by atoms with Crippen LogP contribution in [0.4, 0.5) is 0 Å². The van der Waals surface area contributed by atoms with Crippen LogP contribution in [0, 0.1) is 0 Å². The van der Waals surface area contributed by atoms with Gasteiger partial charge in [-0.1, -0.05) is 56.3 Å². The number of carbonyl (C=O) groups is 1. The summed E-state index contributed by atoms with van der Waals surface area (Å²) in [6.45, 7) is 4.37. The fourth-order valence-corrected chi connectivity index (χ4v) is 3.13. The fraction of sp³-hybridized carbons (Fsp3) is 0.278. The molecule has 0 spiro atoms. The summed E-state index contributed by atoms with van der Waals surface area (Å²) in [6, 6.07) is 15.9. The second kappa shape index (κ2) is 7.32. The van der Waals surface area contributed by atoms with Crippen molar-refractivity contribution in [2.24, 2.45) is 0 Å². The third-order valence-corrected chi connectivity index (χ3v) is 4.47. The molecule has 2 nitrogen and oxygen atoms in total. The van der Waals surface area contributed by atoms with E-state index in [0.717, 1.165) is 11.3 Å². The van der Waals surface area contributed by atoms with Crippen LogP contribution in [0.3, 0.4) is 0 Å². The van der Waals surface area contributed by atoms with Crippen molar-refractivity contribution < 1.29 is 9.90 Å². The molecule has 1 N–H and O–H groups in total. The zero-order valence-electron chi connectivity index (χ0n) is 12.4. The molecule has 0 saturated heterocycles. The van der Waals surface area contributed by atoms with E-state index in [2.05, 4.69) is 38.1 Å². The van der Waals surface area contributed by atoms with Gasteiger partial charge < -0.3 is 5.11 Å². The number of aromatic carboxylic acids is 1. The van der Waals surface area contributed by atoms with Gasteiger partial charge in [0, 0.05) is 11.5 Å². The lowest BCUT2D eigenvalue weighted by atomic mass is 10.0. The summed E-state index contributed by atoms with van der Waals surface area (Å²) in [7, 11) is 0. The molecule has 0 heterocycles. The molecule has 0 saturated carbocycles. The van der Waals surface area contributed by atoms with E-state index in [1.54, 1.807) is 23.9 Å². The summed E-state index contributed by atoms with van der Waals surface area (Å²) >= 11 is 1.74. The zero-order chi connectivity index (χ0) is 15.2. The third kappa shape index (κ3) is 4.36. The fourth-order valence-electron chi connectivity index (χ4n) is 2.13. The average molecular weight is 300 g/mol. The lowest BCUT2D eigenvalue weighted by Crippen LogP contribution is -2.01.